The van der Waals surface area contributed by atoms with E-state index in [0.29, 0.717) is 12.5 Å². The number of piperidine rings is 1. The van der Waals surface area contributed by atoms with E-state index in [2.05, 4.69) is 4.90 Å². The Hall–Kier alpha value is -0.120. The van der Waals surface area contributed by atoms with Crippen molar-refractivity contribution in [3.63, 3.8) is 0 Å². The van der Waals surface area contributed by atoms with Crippen LogP contribution in [0.4, 0.5) is 0 Å². The summed E-state index contributed by atoms with van der Waals surface area (Å²) in [5.41, 5.74) is 5.49. The first-order valence-corrected chi connectivity index (χ1v) is 4.90. The molecule has 3 heteroatoms. The topological polar surface area (TPSA) is 49.5 Å². The van der Waals surface area contributed by atoms with Crippen LogP contribution >= 0.6 is 0 Å². The summed E-state index contributed by atoms with van der Waals surface area (Å²) >= 11 is 0. The second kappa shape index (κ2) is 5.51. The zero-order chi connectivity index (χ0) is 8.81. The molecule has 0 bridgehead atoms. The maximum Gasteiger partial charge on any atom is 0.0434 e. The van der Waals surface area contributed by atoms with Crippen molar-refractivity contribution in [3.05, 3.63) is 0 Å². The Bertz CT molecular complexity index is 103. The fourth-order valence-electron chi connectivity index (χ4n) is 1.96. The van der Waals surface area contributed by atoms with Crippen molar-refractivity contribution < 1.29 is 5.11 Å². The standard InChI is InChI=1S/C9H20N2O/c10-4-6-11-5-1-2-9(8-11)3-7-12/h9,12H,1-8,10H2. The zero-order valence-corrected chi connectivity index (χ0v) is 7.71. The largest absolute Gasteiger partial charge is 0.396 e. The van der Waals surface area contributed by atoms with Gasteiger partial charge in [0.05, 0.1) is 0 Å². The van der Waals surface area contributed by atoms with Gasteiger partial charge >= 0.3 is 0 Å². The average molecular weight is 172 g/mol. The van der Waals surface area contributed by atoms with Crippen molar-refractivity contribution in [1.29, 1.82) is 0 Å². The van der Waals surface area contributed by atoms with Crippen LogP contribution in [0.1, 0.15) is 19.3 Å². The third kappa shape index (κ3) is 3.09. The van der Waals surface area contributed by atoms with Crippen molar-refractivity contribution in [2.75, 3.05) is 32.8 Å². The van der Waals surface area contributed by atoms with Gasteiger partial charge in [-0.05, 0) is 31.7 Å². The number of nitrogens with two attached hydrogens (primary N) is 1. The lowest BCUT2D eigenvalue weighted by molar-refractivity contribution is 0.151. The molecule has 1 unspecified atom stereocenters. The lowest BCUT2D eigenvalue weighted by Crippen LogP contribution is -2.38. The molecule has 12 heavy (non-hydrogen) atoms. The Balaban J connectivity index is 2.20. The molecule has 3 N–H and O–H groups in total. The Morgan fingerprint density at radius 3 is 3.00 bits per heavy atom. The van der Waals surface area contributed by atoms with Crippen LogP contribution in [-0.4, -0.2) is 42.8 Å². The van der Waals surface area contributed by atoms with Gasteiger partial charge in [-0.1, -0.05) is 0 Å². The summed E-state index contributed by atoms with van der Waals surface area (Å²) in [6, 6.07) is 0. The van der Waals surface area contributed by atoms with Crippen LogP contribution < -0.4 is 5.73 Å². The van der Waals surface area contributed by atoms with Crippen LogP contribution in [-0.2, 0) is 0 Å². The molecule has 1 saturated heterocycles. The number of nitrogens with zero attached hydrogens (tertiary/aromatic N) is 1. The van der Waals surface area contributed by atoms with E-state index in [1.165, 1.54) is 19.4 Å². The van der Waals surface area contributed by atoms with Crippen LogP contribution in [0.15, 0.2) is 0 Å². The molecule has 1 fully saturated rings. The number of rotatable bonds is 4. The van der Waals surface area contributed by atoms with Crippen LogP contribution in [0, 0.1) is 5.92 Å². The summed E-state index contributed by atoms with van der Waals surface area (Å²) in [6.07, 6.45) is 3.51. The molecule has 0 saturated carbocycles. The highest BCUT2D eigenvalue weighted by Gasteiger charge is 2.18. The Morgan fingerprint density at radius 1 is 1.50 bits per heavy atom. The molecule has 1 rings (SSSR count). The van der Waals surface area contributed by atoms with Crippen molar-refractivity contribution in [2.45, 2.75) is 19.3 Å². The molecule has 1 atom stereocenters. The summed E-state index contributed by atoms with van der Waals surface area (Å²) in [6.45, 7) is 4.44. The van der Waals surface area contributed by atoms with Gasteiger partial charge in [0.1, 0.15) is 0 Å². The van der Waals surface area contributed by atoms with Gasteiger partial charge < -0.3 is 15.7 Å². The minimum atomic E-state index is 0.334. The van der Waals surface area contributed by atoms with Crippen molar-refractivity contribution >= 4 is 0 Å². The van der Waals surface area contributed by atoms with Gasteiger partial charge in [-0.2, -0.15) is 0 Å². The van der Waals surface area contributed by atoms with Gasteiger partial charge in [0.15, 0.2) is 0 Å². The summed E-state index contributed by atoms with van der Waals surface area (Å²) in [5, 5.41) is 8.79. The van der Waals surface area contributed by atoms with Crippen molar-refractivity contribution in [2.24, 2.45) is 11.7 Å². The van der Waals surface area contributed by atoms with E-state index in [9.17, 15) is 0 Å². The van der Waals surface area contributed by atoms with Gasteiger partial charge in [0.2, 0.25) is 0 Å². The summed E-state index contributed by atoms with van der Waals surface area (Å²) in [4.78, 5) is 2.41. The minimum absolute atomic E-state index is 0.334. The van der Waals surface area contributed by atoms with E-state index in [1.54, 1.807) is 0 Å². The third-order valence-electron chi connectivity index (χ3n) is 2.59. The molecule has 1 aliphatic rings. The van der Waals surface area contributed by atoms with Crippen molar-refractivity contribution in [1.82, 2.24) is 4.90 Å². The molecule has 0 aliphatic carbocycles. The predicted octanol–water partition coefficient (Wildman–Crippen LogP) is 0.0395. The van der Waals surface area contributed by atoms with Crippen LogP contribution in [0.5, 0.6) is 0 Å². The molecule has 1 heterocycles. The molecule has 0 aromatic heterocycles. The van der Waals surface area contributed by atoms with Crippen molar-refractivity contribution in [3.8, 4) is 0 Å². The van der Waals surface area contributed by atoms with E-state index in [1.807, 2.05) is 0 Å². The lowest BCUT2D eigenvalue weighted by atomic mass is 9.95. The maximum absolute atomic E-state index is 8.79. The fourth-order valence-corrected chi connectivity index (χ4v) is 1.96. The molecule has 0 radical (unpaired) electrons. The van der Waals surface area contributed by atoms with E-state index >= 15 is 0 Å². The van der Waals surface area contributed by atoms with Gasteiger partial charge in [-0.3, -0.25) is 0 Å². The van der Waals surface area contributed by atoms with Gasteiger partial charge in [0.25, 0.3) is 0 Å². The van der Waals surface area contributed by atoms with Gasteiger partial charge in [-0.15, -0.1) is 0 Å². The fraction of sp³-hybridized carbons (Fsp3) is 1.00. The highest BCUT2D eigenvalue weighted by Crippen LogP contribution is 2.18. The summed E-state index contributed by atoms with van der Waals surface area (Å²) in [5.74, 6) is 0.704. The Kier molecular flexibility index (Phi) is 4.58. The lowest BCUT2D eigenvalue weighted by Gasteiger charge is -2.32. The third-order valence-corrected chi connectivity index (χ3v) is 2.59. The first-order chi connectivity index (χ1) is 5.86. The molecule has 0 spiro atoms. The predicted molar refractivity (Wildman–Crippen MR) is 49.9 cm³/mol. The van der Waals surface area contributed by atoms with E-state index < -0.39 is 0 Å². The van der Waals surface area contributed by atoms with Crippen LogP contribution in [0.25, 0.3) is 0 Å². The van der Waals surface area contributed by atoms with Gasteiger partial charge in [0, 0.05) is 26.2 Å². The number of hydrogen-bond donors (Lipinski definition) is 2. The van der Waals surface area contributed by atoms with E-state index in [4.69, 9.17) is 10.8 Å². The maximum atomic E-state index is 8.79. The SMILES string of the molecule is NCCN1CCCC(CCO)C1. The quantitative estimate of drug-likeness (QED) is 0.629. The Labute approximate surface area is 74.5 Å². The highest BCUT2D eigenvalue weighted by molar-refractivity contribution is 4.72. The second-order valence-corrected chi connectivity index (χ2v) is 3.61. The minimum Gasteiger partial charge on any atom is -0.396 e. The molecule has 0 aromatic carbocycles. The number of hydrogen-bond acceptors (Lipinski definition) is 3. The molecule has 0 aromatic rings. The van der Waals surface area contributed by atoms with E-state index in [0.717, 1.165) is 26.1 Å². The summed E-state index contributed by atoms with van der Waals surface area (Å²) < 4.78 is 0. The Morgan fingerprint density at radius 2 is 2.33 bits per heavy atom. The van der Waals surface area contributed by atoms with Crippen LogP contribution in [0.2, 0.25) is 0 Å². The number of aliphatic hydroxyl groups excluding tert-OH is 1. The normalized spacial score (nSPS) is 26.0. The second-order valence-electron chi connectivity index (χ2n) is 3.61. The molecule has 72 valence electrons. The first kappa shape index (κ1) is 9.96. The number of likely N-dealkylation sites (tertiary alicyclic amines) is 1. The monoisotopic (exact) mass is 172 g/mol. The smallest absolute Gasteiger partial charge is 0.0434 e. The molecular weight excluding hydrogens is 152 g/mol. The van der Waals surface area contributed by atoms with E-state index in [-0.39, 0.29) is 0 Å². The molecular formula is C9H20N2O. The highest BCUT2D eigenvalue weighted by atomic mass is 16.3. The molecule has 1 aliphatic heterocycles. The average Bonchev–Trinajstić information content (AvgIpc) is 2.06. The summed E-state index contributed by atoms with van der Waals surface area (Å²) in [7, 11) is 0. The zero-order valence-electron chi connectivity index (χ0n) is 7.71. The van der Waals surface area contributed by atoms with Gasteiger partial charge in [-0.25, -0.2) is 0 Å². The first-order valence-electron chi connectivity index (χ1n) is 4.90. The molecule has 0 amide bonds. The molecule has 3 nitrogen and oxygen atoms in total. The van der Waals surface area contributed by atoms with Crippen LogP contribution in [0.3, 0.4) is 0 Å². The number of aliphatic hydroxyl groups is 1.